The summed E-state index contributed by atoms with van der Waals surface area (Å²) < 4.78 is 5.31. The number of anilines is 1. The normalized spacial score (nSPS) is 17.3. The molecular weight excluding hydrogens is 414 g/mol. The molecule has 1 saturated heterocycles. The van der Waals surface area contributed by atoms with Crippen molar-refractivity contribution < 1.29 is 14.6 Å². The van der Waals surface area contributed by atoms with Crippen molar-refractivity contribution in [2.24, 2.45) is 0 Å². The predicted molar refractivity (Wildman–Crippen MR) is 132 cm³/mol. The number of carbonyl (C=O) groups excluding carboxylic acids is 1. The lowest BCUT2D eigenvalue weighted by Crippen LogP contribution is -2.42. The Hall–Kier alpha value is -3.12. The molecule has 2 aliphatic rings. The van der Waals surface area contributed by atoms with Gasteiger partial charge in [-0.15, -0.1) is 0 Å². The molecule has 0 unspecified atom stereocenters. The van der Waals surface area contributed by atoms with Crippen LogP contribution in [0.3, 0.4) is 0 Å². The Morgan fingerprint density at radius 3 is 2.45 bits per heavy atom. The number of aldehydes is 1. The van der Waals surface area contributed by atoms with E-state index in [1.165, 1.54) is 0 Å². The average molecular weight is 446 g/mol. The second-order valence-electron chi connectivity index (χ2n) is 9.42. The van der Waals surface area contributed by atoms with Crippen LogP contribution in [0.15, 0.2) is 36.4 Å². The zero-order chi connectivity index (χ0) is 23.1. The van der Waals surface area contributed by atoms with Gasteiger partial charge >= 0.3 is 0 Å². The second kappa shape index (κ2) is 8.67. The number of fused-ring (bicyclic) bond motifs is 1. The fourth-order valence-electron chi connectivity index (χ4n) is 5.05. The molecule has 1 aliphatic carbocycles. The smallest absolute Gasteiger partial charge is 0.161 e. The number of rotatable bonds is 6. The van der Waals surface area contributed by atoms with E-state index < -0.39 is 0 Å². The van der Waals surface area contributed by atoms with E-state index in [0.29, 0.717) is 17.7 Å². The molecule has 0 atom stereocenters. The Labute approximate surface area is 194 Å². The highest BCUT2D eigenvalue weighted by molar-refractivity contribution is 6.03. The van der Waals surface area contributed by atoms with Gasteiger partial charge in [0.25, 0.3) is 0 Å². The zero-order valence-electron chi connectivity index (χ0n) is 19.5. The molecule has 6 heteroatoms. The SMILES string of the molecule is COc1cc(-c2ccc3nc(C4CC4)c(C=O)c(N(C)C4CCN(C)CC4)c3c2)ccc1O. The number of benzene rings is 2. The van der Waals surface area contributed by atoms with E-state index in [0.717, 1.165) is 84.0 Å². The maximum Gasteiger partial charge on any atom is 0.161 e. The Kier molecular flexibility index (Phi) is 5.71. The van der Waals surface area contributed by atoms with Crippen LogP contribution < -0.4 is 9.64 Å². The Bertz CT molecular complexity index is 1200. The fourth-order valence-corrected chi connectivity index (χ4v) is 5.05. The first-order valence-electron chi connectivity index (χ1n) is 11.7. The van der Waals surface area contributed by atoms with Crippen LogP contribution in [0, 0.1) is 0 Å². The summed E-state index contributed by atoms with van der Waals surface area (Å²) in [5.41, 5.74) is 5.55. The highest BCUT2D eigenvalue weighted by atomic mass is 16.5. The van der Waals surface area contributed by atoms with Crippen LogP contribution in [0.2, 0.25) is 0 Å². The summed E-state index contributed by atoms with van der Waals surface area (Å²) in [6.45, 7) is 2.12. The number of phenols is 1. The summed E-state index contributed by atoms with van der Waals surface area (Å²) >= 11 is 0. The number of methoxy groups -OCH3 is 1. The lowest BCUT2D eigenvalue weighted by Gasteiger charge is -2.37. The lowest BCUT2D eigenvalue weighted by atomic mass is 9.96. The third-order valence-electron chi connectivity index (χ3n) is 7.21. The monoisotopic (exact) mass is 445 g/mol. The number of phenolic OH excluding ortho intramolecular Hbond substituents is 1. The maximum absolute atomic E-state index is 12.4. The van der Waals surface area contributed by atoms with Crippen LogP contribution in [0.4, 0.5) is 5.69 Å². The molecule has 33 heavy (non-hydrogen) atoms. The minimum atomic E-state index is 0.115. The highest BCUT2D eigenvalue weighted by Gasteiger charge is 2.32. The standard InChI is InChI=1S/C27H31N3O3/c1-29-12-10-20(11-13-29)30(2)27-21-14-18(19-7-9-24(32)25(15-19)33-3)6-8-23(21)28-26(17-4-5-17)22(27)16-31/h6-9,14-17,20,32H,4-5,10-13H2,1-3H3. The molecule has 6 nitrogen and oxygen atoms in total. The van der Waals surface area contributed by atoms with Crippen LogP contribution in [-0.2, 0) is 0 Å². The van der Waals surface area contributed by atoms with E-state index in [9.17, 15) is 9.90 Å². The zero-order valence-corrected chi connectivity index (χ0v) is 19.5. The molecule has 172 valence electrons. The Morgan fingerprint density at radius 1 is 1.09 bits per heavy atom. The number of ether oxygens (including phenoxy) is 1. The summed E-state index contributed by atoms with van der Waals surface area (Å²) in [5, 5.41) is 11.0. The largest absolute Gasteiger partial charge is 0.504 e. The Morgan fingerprint density at radius 2 is 1.79 bits per heavy atom. The topological polar surface area (TPSA) is 65.9 Å². The molecular formula is C27H31N3O3. The number of hydrogen-bond donors (Lipinski definition) is 1. The number of aromatic nitrogens is 1. The summed E-state index contributed by atoms with van der Waals surface area (Å²) in [5.74, 6) is 0.941. The number of nitrogens with zero attached hydrogens (tertiary/aromatic N) is 3. The minimum Gasteiger partial charge on any atom is -0.504 e. The molecule has 1 N–H and O–H groups in total. The number of pyridine rings is 1. The molecule has 2 aromatic carbocycles. The molecule has 0 spiro atoms. The average Bonchev–Trinajstić information content (AvgIpc) is 3.68. The van der Waals surface area contributed by atoms with E-state index in [-0.39, 0.29) is 5.75 Å². The summed E-state index contributed by atoms with van der Waals surface area (Å²) in [6.07, 6.45) is 5.35. The maximum atomic E-state index is 12.4. The molecule has 0 amide bonds. The van der Waals surface area contributed by atoms with E-state index in [1.54, 1.807) is 13.2 Å². The molecule has 1 aliphatic heterocycles. The van der Waals surface area contributed by atoms with Gasteiger partial charge in [-0.3, -0.25) is 9.78 Å². The van der Waals surface area contributed by atoms with E-state index in [2.05, 4.69) is 42.1 Å². The van der Waals surface area contributed by atoms with E-state index in [4.69, 9.17) is 9.72 Å². The quantitative estimate of drug-likeness (QED) is 0.548. The number of likely N-dealkylation sites (tertiary alicyclic amines) is 1. The summed E-state index contributed by atoms with van der Waals surface area (Å²) in [4.78, 5) is 22.1. The first-order valence-corrected chi connectivity index (χ1v) is 11.7. The van der Waals surface area contributed by atoms with Crippen molar-refractivity contribution in [1.29, 1.82) is 0 Å². The first kappa shape index (κ1) is 21.7. The molecule has 3 aromatic rings. The van der Waals surface area contributed by atoms with Gasteiger partial charge in [-0.05, 0) is 81.2 Å². The van der Waals surface area contributed by atoms with Crippen molar-refractivity contribution in [3.05, 3.63) is 47.7 Å². The van der Waals surface area contributed by atoms with Gasteiger partial charge in [0.05, 0.1) is 29.6 Å². The molecule has 1 aromatic heterocycles. The molecule has 0 radical (unpaired) electrons. The van der Waals surface area contributed by atoms with Gasteiger partial charge in [0.15, 0.2) is 17.8 Å². The predicted octanol–water partition coefficient (Wildman–Crippen LogP) is 4.84. The lowest BCUT2D eigenvalue weighted by molar-refractivity contribution is 0.112. The molecule has 0 bridgehead atoms. The third-order valence-corrected chi connectivity index (χ3v) is 7.21. The minimum absolute atomic E-state index is 0.115. The van der Waals surface area contributed by atoms with Crippen molar-refractivity contribution in [1.82, 2.24) is 9.88 Å². The van der Waals surface area contributed by atoms with Gasteiger partial charge in [0, 0.05) is 24.4 Å². The van der Waals surface area contributed by atoms with Gasteiger partial charge < -0.3 is 19.6 Å². The van der Waals surface area contributed by atoms with E-state index >= 15 is 0 Å². The number of carbonyl (C=O) groups is 1. The number of piperidine rings is 1. The second-order valence-corrected chi connectivity index (χ2v) is 9.42. The van der Waals surface area contributed by atoms with Crippen molar-refractivity contribution in [2.45, 2.75) is 37.6 Å². The van der Waals surface area contributed by atoms with Crippen LogP contribution in [-0.4, -0.2) is 61.6 Å². The first-order chi connectivity index (χ1) is 16.0. The van der Waals surface area contributed by atoms with Gasteiger partial charge in [0.2, 0.25) is 0 Å². The molecule has 2 heterocycles. The van der Waals surface area contributed by atoms with Gasteiger partial charge in [-0.25, -0.2) is 0 Å². The van der Waals surface area contributed by atoms with Crippen LogP contribution >= 0.6 is 0 Å². The van der Waals surface area contributed by atoms with Gasteiger partial charge in [0.1, 0.15) is 0 Å². The highest BCUT2D eigenvalue weighted by Crippen LogP contribution is 2.45. The fraction of sp³-hybridized carbons (Fsp3) is 0.407. The number of hydrogen-bond acceptors (Lipinski definition) is 6. The van der Waals surface area contributed by atoms with Crippen molar-refractivity contribution >= 4 is 22.9 Å². The van der Waals surface area contributed by atoms with Crippen molar-refractivity contribution in [2.75, 3.05) is 39.2 Å². The van der Waals surface area contributed by atoms with Crippen molar-refractivity contribution in [3.8, 4) is 22.6 Å². The van der Waals surface area contributed by atoms with Crippen LogP contribution in [0.25, 0.3) is 22.0 Å². The van der Waals surface area contributed by atoms with Crippen molar-refractivity contribution in [3.63, 3.8) is 0 Å². The summed E-state index contributed by atoms with van der Waals surface area (Å²) in [6, 6.07) is 12.0. The van der Waals surface area contributed by atoms with E-state index in [1.807, 2.05) is 12.1 Å². The Balaban J connectivity index is 1.67. The van der Waals surface area contributed by atoms with Gasteiger partial charge in [-0.2, -0.15) is 0 Å². The molecule has 5 rings (SSSR count). The third kappa shape index (κ3) is 4.04. The van der Waals surface area contributed by atoms with Gasteiger partial charge in [-0.1, -0.05) is 12.1 Å². The van der Waals surface area contributed by atoms with Crippen LogP contribution in [0.5, 0.6) is 11.5 Å². The molecule has 2 fully saturated rings. The van der Waals surface area contributed by atoms with Crippen LogP contribution in [0.1, 0.15) is 47.7 Å². The number of aromatic hydroxyl groups is 1. The summed E-state index contributed by atoms with van der Waals surface area (Å²) in [7, 11) is 5.84. The molecule has 1 saturated carbocycles.